The standard InChI is InChI=1S/C16H19N5O2/c1-10(15-18-11(2)19-20-15)17-16(23)12-6-3-4-7-13(12)21-9-5-8-14(21)22/h3-4,6-7,10H,5,8-9H2,1-2H3,(H,17,23)(H,18,19,20). The number of benzene rings is 1. The molecule has 2 aromatic rings. The molecule has 0 bridgehead atoms. The first-order valence-electron chi connectivity index (χ1n) is 7.65. The molecule has 1 saturated heterocycles. The van der Waals surface area contributed by atoms with Crippen molar-refractivity contribution in [3.05, 3.63) is 41.5 Å². The van der Waals surface area contributed by atoms with Crippen LogP contribution >= 0.6 is 0 Å². The number of para-hydroxylation sites is 1. The fourth-order valence-corrected chi connectivity index (χ4v) is 2.70. The monoisotopic (exact) mass is 313 g/mol. The Labute approximate surface area is 134 Å². The van der Waals surface area contributed by atoms with E-state index in [1.807, 2.05) is 13.0 Å². The second-order valence-electron chi connectivity index (χ2n) is 5.64. The molecule has 0 saturated carbocycles. The van der Waals surface area contributed by atoms with E-state index in [4.69, 9.17) is 0 Å². The van der Waals surface area contributed by atoms with Crippen molar-refractivity contribution in [3.8, 4) is 0 Å². The molecule has 1 aromatic heterocycles. The molecule has 0 radical (unpaired) electrons. The number of hydrogen-bond acceptors (Lipinski definition) is 4. The van der Waals surface area contributed by atoms with Gasteiger partial charge < -0.3 is 10.2 Å². The van der Waals surface area contributed by atoms with E-state index < -0.39 is 0 Å². The number of aryl methyl sites for hydroxylation is 1. The fraction of sp³-hybridized carbons (Fsp3) is 0.375. The van der Waals surface area contributed by atoms with E-state index in [1.165, 1.54) is 0 Å². The number of hydrogen-bond donors (Lipinski definition) is 2. The number of H-pyrrole nitrogens is 1. The molecule has 0 spiro atoms. The predicted molar refractivity (Wildman–Crippen MR) is 85.0 cm³/mol. The summed E-state index contributed by atoms with van der Waals surface area (Å²) in [6, 6.07) is 6.83. The van der Waals surface area contributed by atoms with Crippen LogP contribution in [0.1, 0.15) is 47.8 Å². The maximum Gasteiger partial charge on any atom is 0.253 e. The minimum Gasteiger partial charge on any atom is -0.342 e. The molecule has 1 aliphatic heterocycles. The zero-order valence-corrected chi connectivity index (χ0v) is 13.2. The molecular formula is C16H19N5O2. The molecular weight excluding hydrogens is 294 g/mol. The Kier molecular flexibility index (Phi) is 4.10. The van der Waals surface area contributed by atoms with Crippen LogP contribution in [0, 0.1) is 6.92 Å². The van der Waals surface area contributed by atoms with Crippen molar-refractivity contribution in [2.24, 2.45) is 0 Å². The average Bonchev–Trinajstić information content (AvgIpc) is 3.15. The summed E-state index contributed by atoms with van der Waals surface area (Å²) in [5, 5.41) is 9.70. The second-order valence-corrected chi connectivity index (χ2v) is 5.64. The number of nitrogens with zero attached hydrogens (tertiary/aromatic N) is 3. The summed E-state index contributed by atoms with van der Waals surface area (Å²) in [7, 11) is 0. The molecule has 1 aromatic carbocycles. The zero-order valence-electron chi connectivity index (χ0n) is 13.2. The van der Waals surface area contributed by atoms with Gasteiger partial charge in [-0.2, -0.15) is 5.10 Å². The van der Waals surface area contributed by atoms with Crippen molar-refractivity contribution < 1.29 is 9.59 Å². The van der Waals surface area contributed by atoms with Gasteiger partial charge in [-0.05, 0) is 32.4 Å². The minimum atomic E-state index is -0.324. The third-order valence-corrected chi connectivity index (χ3v) is 3.86. The smallest absolute Gasteiger partial charge is 0.253 e. The summed E-state index contributed by atoms with van der Waals surface area (Å²) in [4.78, 5) is 30.5. The summed E-state index contributed by atoms with van der Waals surface area (Å²) in [5.41, 5.74) is 1.15. The van der Waals surface area contributed by atoms with Crippen molar-refractivity contribution in [1.82, 2.24) is 20.5 Å². The van der Waals surface area contributed by atoms with Gasteiger partial charge >= 0.3 is 0 Å². The van der Waals surface area contributed by atoms with E-state index in [-0.39, 0.29) is 17.9 Å². The highest BCUT2D eigenvalue weighted by Gasteiger charge is 2.26. The molecule has 1 fully saturated rings. The quantitative estimate of drug-likeness (QED) is 0.899. The normalized spacial score (nSPS) is 15.7. The third kappa shape index (κ3) is 3.08. The largest absolute Gasteiger partial charge is 0.342 e. The molecule has 0 aliphatic carbocycles. The van der Waals surface area contributed by atoms with Crippen LogP contribution in [0.15, 0.2) is 24.3 Å². The summed E-state index contributed by atoms with van der Waals surface area (Å²) in [6.07, 6.45) is 1.35. The van der Waals surface area contributed by atoms with E-state index in [0.29, 0.717) is 35.9 Å². The lowest BCUT2D eigenvalue weighted by atomic mass is 10.1. The van der Waals surface area contributed by atoms with E-state index >= 15 is 0 Å². The number of anilines is 1. The molecule has 2 heterocycles. The lowest BCUT2D eigenvalue weighted by Crippen LogP contribution is -2.31. The van der Waals surface area contributed by atoms with Crippen LogP contribution in [-0.2, 0) is 4.79 Å². The number of aromatic nitrogens is 3. The number of carbonyl (C=O) groups is 2. The average molecular weight is 313 g/mol. The third-order valence-electron chi connectivity index (χ3n) is 3.86. The van der Waals surface area contributed by atoms with Gasteiger partial charge in [0.25, 0.3) is 5.91 Å². The van der Waals surface area contributed by atoms with Gasteiger partial charge in [0.2, 0.25) is 5.91 Å². The zero-order chi connectivity index (χ0) is 16.4. The lowest BCUT2D eigenvalue weighted by molar-refractivity contribution is -0.117. The number of nitrogens with one attached hydrogen (secondary N) is 2. The van der Waals surface area contributed by atoms with Gasteiger partial charge in [0.1, 0.15) is 5.82 Å². The van der Waals surface area contributed by atoms with Crippen molar-refractivity contribution in [1.29, 1.82) is 0 Å². The fourth-order valence-electron chi connectivity index (χ4n) is 2.70. The van der Waals surface area contributed by atoms with Gasteiger partial charge in [-0.25, -0.2) is 4.98 Å². The van der Waals surface area contributed by atoms with E-state index in [9.17, 15) is 9.59 Å². The van der Waals surface area contributed by atoms with Crippen LogP contribution in [-0.4, -0.2) is 33.5 Å². The topological polar surface area (TPSA) is 91.0 Å². The van der Waals surface area contributed by atoms with Gasteiger partial charge in [0.05, 0.1) is 17.3 Å². The van der Waals surface area contributed by atoms with Crippen LogP contribution < -0.4 is 10.2 Å². The predicted octanol–water partition coefficient (Wildman–Crippen LogP) is 1.73. The maximum atomic E-state index is 12.6. The molecule has 2 amide bonds. The number of amides is 2. The van der Waals surface area contributed by atoms with Gasteiger partial charge in [0, 0.05) is 13.0 Å². The summed E-state index contributed by atoms with van der Waals surface area (Å²) in [5.74, 6) is 1.05. The highest BCUT2D eigenvalue weighted by atomic mass is 16.2. The Hall–Kier alpha value is -2.70. The van der Waals surface area contributed by atoms with E-state index in [2.05, 4.69) is 20.5 Å². The molecule has 23 heavy (non-hydrogen) atoms. The van der Waals surface area contributed by atoms with Crippen LogP contribution in [0.4, 0.5) is 5.69 Å². The summed E-state index contributed by atoms with van der Waals surface area (Å²) < 4.78 is 0. The van der Waals surface area contributed by atoms with Crippen molar-refractivity contribution in [2.75, 3.05) is 11.4 Å². The molecule has 1 aliphatic rings. The van der Waals surface area contributed by atoms with Crippen molar-refractivity contribution in [3.63, 3.8) is 0 Å². The lowest BCUT2D eigenvalue weighted by Gasteiger charge is -2.20. The van der Waals surface area contributed by atoms with Crippen LogP contribution in [0.2, 0.25) is 0 Å². The molecule has 7 nitrogen and oxygen atoms in total. The van der Waals surface area contributed by atoms with Crippen molar-refractivity contribution in [2.45, 2.75) is 32.7 Å². The molecule has 1 unspecified atom stereocenters. The number of carbonyl (C=O) groups excluding carboxylic acids is 2. The van der Waals surface area contributed by atoms with Gasteiger partial charge in [-0.1, -0.05) is 12.1 Å². The Balaban J connectivity index is 1.81. The molecule has 7 heteroatoms. The second kappa shape index (κ2) is 6.20. The first-order valence-corrected chi connectivity index (χ1v) is 7.65. The molecule has 3 rings (SSSR count). The van der Waals surface area contributed by atoms with Gasteiger partial charge in [-0.3, -0.25) is 14.7 Å². The highest BCUT2D eigenvalue weighted by Crippen LogP contribution is 2.25. The highest BCUT2D eigenvalue weighted by molar-refractivity contribution is 6.05. The minimum absolute atomic E-state index is 0.0582. The Morgan fingerprint density at radius 3 is 2.83 bits per heavy atom. The molecule has 120 valence electrons. The SMILES string of the molecule is Cc1nc(C(C)NC(=O)c2ccccc2N2CCCC2=O)n[nH]1. The summed E-state index contributed by atoms with van der Waals surface area (Å²) in [6.45, 7) is 4.28. The Morgan fingerprint density at radius 2 is 2.17 bits per heavy atom. The summed E-state index contributed by atoms with van der Waals surface area (Å²) >= 11 is 0. The van der Waals surface area contributed by atoms with Gasteiger partial charge in [0.15, 0.2) is 5.82 Å². The molecule has 1 atom stereocenters. The van der Waals surface area contributed by atoms with Crippen LogP contribution in [0.5, 0.6) is 0 Å². The van der Waals surface area contributed by atoms with Crippen LogP contribution in [0.3, 0.4) is 0 Å². The number of aromatic amines is 1. The van der Waals surface area contributed by atoms with E-state index in [0.717, 1.165) is 6.42 Å². The van der Waals surface area contributed by atoms with Gasteiger partial charge in [-0.15, -0.1) is 0 Å². The molecule has 2 N–H and O–H groups in total. The Bertz CT molecular complexity index is 740. The van der Waals surface area contributed by atoms with Crippen molar-refractivity contribution >= 4 is 17.5 Å². The first-order chi connectivity index (χ1) is 11.1. The first kappa shape index (κ1) is 15.2. The maximum absolute atomic E-state index is 12.6. The van der Waals surface area contributed by atoms with Crippen LogP contribution in [0.25, 0.3) is 0 Å². The number of rotatable bonds is 4. The van der Waals surface area contributed by atoms with E-state index in [1.54, 1.807) is 30.0 Å². The Morgan fingerprint density at radius 1 is 1.39 bits per heavy atom.